The number of nitro groups is 1. The molecule has 1 aromatic heterocycles. The number of carbonyl (C=O) groups excluding carboxylic acids is 1. The van der Waals surface area contributed by atoms with Gasteiger partial charge >= 0.3 is 0 Å². The lowest BCUT2D eigenvalue weighted by Gasteiger charge is -2.06. The van der Waals surface area contributed by atoms with Crippen molar-refractivity contribution >= 4 is 29.0 Å². The highest BCUT2D eigenvalue weighted by Gasteiger charge is 2.30. The smallest absolute Gasteiger partial charge is 0.271 e. The third-order valence-corrected chi connectivity index (χ3v) is 4.34. The lowest BCUT2D eigenvalue weighted by Crippen LogP contribution is -2.17. The Morgan fingerprint density at radius 2 is 2.25 bits per heavy atom. The summed E-state index contributed by atoms with van der Waals surface area (Å²) in [6.07, 6.45) is 2.04. The van der Waals surface area contributed by atoms with E-state index >= 15 is 0 Å². The molecule has 1 heterocycles. The van der Waals surface area contributed by atoms with Crippen molar-refractivity contribution in [3.8, 4) is 0 Å². The number of halogens is 1. The van der Waals surface area contributed by atoms with E-state index in [-0.39, 0.29) is 17.1 Å². The number of carbonyl (C=O) groups is 1. The minimum atomic E-state index is -0.753. The standard InChI is InChI=1S/C13H13FN6O3S/c14-9-4-3-8(20(22)23)5-10(9)16-11(21)6-24-13-18-17-12(19(13)15)7-1-2-7/h3-5,7H,1-2,6,15H2,(H,16,21). The van der Waals surface area contributed by atoms with E-state index in [0.717, 1.165) is 42.8 Å². The van der Waals surface area contributed by atoms with Crippen LogP contribution in [0.3, 0.4) is 0 Å². The lowest BCUT2D eigenvalue weighted by atomic mass is 10.2. The van der Waals surface area contributed by atoms with Gasteiger partial charge in [-0.2, -0.15) is 0 Å². The molecule has 0 aliphatic heterocycles. The van der Waals surface area contributed by atoms with Gasteiger partial charge in [-0.05, 0) is 18.9 Å². The van der Waals surface area contributed by atoms with Gasteiger partial charge < -0.3 is 11.2 Å². The van der Waals surface area contributed by atoms with Crippen LogP contribution < -0.4 is 11.2 Å². The molecule has 0 radical (unpaired) electrons. The minimum Gasteiger partial charge on any atom is -0.336 e. The number of hydrogen-bond donors (Lipinski definition) is 2. The van der Waals surface area contributed by atoms with Crippen molar-refractivity contribution in [1.29, 1.82) is 0 Å². The highest BCUT2D eigenvalue weighted by molar-refractivity contribution is 7.99. The number of thioether (sulfide) groups is 1. The normalized spacial score (nSPS) is 13.7. The van der Waals surface area contributed by atoms with Crippen LogP contribution in [0.15, 0.2) is 23.4 Å². The van der Waals surface area contributed by atoms with Crippen LogP contribution in [-0.2, 0) is 4.79 Å². The number of nitrogens with one attached hydrogen (secondary N) is 1. The number of nitro benzene ring substituents is 1. The van der Waals surface area contributed by atoms with Crippen molar-refractivity contribution in [3.63, 3.8) is 0 Å². The fraction of sp³-hybridized carbons (Fsp3) is 0.308. The largest absolute Gasteiger partial charge is 0.336 e. The van der Waals surface area contributed by atoms with Crippen LogP contribution in [0.4, 0.5) is 15.8 Å². The first-order valence-electron chi connectivity index (χ1n) is 7.02. The molecule has 0 atom stereocenters. The average molecular weight is 352 g/mol. The molecule has 0 unspecified atom stereocenters. The number of rotatable bonds is 6. The molecular formula is C13H13FN6O3S. The summed E-state index contributed by atoms with van der Waals surface area (Å²) in [5, 5.41) is 21.3. The number of amides is 1. The SMILES string of the molecule is Nn1c(SCC(=O)Nc2cc([N+](=O)[O-])ccc2F)nnc1C1CC1. The quantitative estimate of drug-likeness (QED) is 0.350. The first-order chi connectivity index (χ1) is 11.5. The molecule has 2 aromatic rings. The van der Waals surface area contributed by atoms with Crippen molar-refractivity contribution in [3.05, 3.63) is 40.0 Å². The second-order valence-corrected chi connectivity index (χ2v) is 6.19. The molecule has 1 amide bonds. The number of aromatic nitrogens is 3. The molecule has 24 heavy (non-hydrogen) atoms. The van der Waals surface area contributed by atoms with E-state index < -0.39 is 16.6 Å². The van der Waals surface area contributed by atoms with Gasteiger partial charge in [0.2, 0.25) is 11.1 Å². The molecule has 1 fully saturated rings. The van der Waals surface area contributed by atoms with Crippen molar-refractivity contribution in [2.24, 2.45) is 0 Å². The molecule has 0 bridgehead atoms. The molecule has 126 valence electrons. The Morgan fingerprint density at radius 3 is 2.92 bits per heavy atom. The van der Waals surface area contributed by atoms with Crippen LogP contribution in [0.2, 0.25) is 0 Å². The maximum absolute atomic E-state index is 13.6. The van der Waals surface area contributed by atoms with Crippen LogP contribution in [0.5, 0.6) is 0 Å². The molecule has 3 rings (SSSR count). The summed E-state index contributed by atoms with van der Waals surface area (Å²) in [4.78, 5) is 21.9. The molecule has 1 aliphatic rings. The molecule has 9 nitrogen and oxygen atoms in total. The van der Waals surface area contributed by atoms with Gasteiger partial charge in [-0.25, -0.2) is 9.07 Å². The predicted octanol–water partition coefficient (Wildman–Crippen LogP) is 1.65. The summed E-state index contributed by atoms with van der Waals surface area (Å²) in [5.74, 6) is 5.51. The Labute approximate surface area is 139 Å². The zero-order valence-electron chi connectivity index (χ0n) is 12.3. The van der Waals surface area contributed by atoms with Crippen LogP contribution in [0.1, 0.15) is 24.6 Å². The van der Waals surface area contributed by atoms with Gasteiger partial charge in [0.25, 0.3) is 5.69 Å². The molecule has 3 N–H and O–H groups in total. The molecule has 1 saturated carbocycles. The van der Waals surface area contributed by atoms with E-state index in [0.29, 0.717) is 16.9 Å². The third kappa shape index (κ3) is 3.45. The number of non-ortho nitro benzene ring substituents is 1. The van der Waals surface area contributed by atoms with Crippen LogP contribution in [-0.4, -0.2) is 31.5 Å². The Kier molecular flexibility index (Phi) is 4.34. The monoisotopic (exact) mass is 352 g/mol. The van der Waals surface area contributed by atoms with Gasteiger partial charge in [0.05, 0.1) is 16.4 Å². The van der Waals surface area contributed by atoms with Gasteiger partial charge in [-0.3, -0.25) is 14.9 Å². The maximum atomic E-state index is 13.6. The van der Waals surface area contributed by atoms with Crippen LogP contribution in [0.25, 0.3) is 0 Å². The zero-order valence-corrected chi connectivity index (χ0v) is 13.1. The van der Waals surface area contributed by atoms with Gasteiger partial charge in [0, 0.05) is 18.1 Å². The summed E-state index contributed by atoms with van der Waals surface area (Å²) in [6.45, 7) is 0. The van der Waals surface area contributed by atoms with E-state index in [4.69, 9.17) is 5.84 Å². The summed E-state index contributed by atoms with van der Waals surface area (Å²) in [7, 11) is 0. The first kappa shape index (κ1) is 16.2. The number of nitrogens with two attached hydrogens (primary N) is 1. The lowest BCUT2D eigenvalue weighted by molar-refractivity contribution is -0.384. The van der Waals surface area contributed by atoms with Gasteiger partial charge in [-0.1, -0.05) is 11.8 Å². The van der Waals surface area contributed by atoms with Gasteiger partial charge in [0.15, 0.2) is 5.82 Å². The molecule has 0 spiro atoms. The molecule has 1 aliphatic carbocycles. The van der Waals surface area contributed by atoms with Crippen molar-refractivity contribution in [1.82, 2.24) is 14.9 Å². The summed E-state index contributed by atoms with van der Waals surface area (Å²) >= 11 is 1.05. The third-order valence-electron chi connectivity index (χ3n) is 3.40. The average Bonchev–Trinajstić information content (AvgIpc) is 3.31. The summed E-state index contributed by atoms with van der Waals surface area (Å²) < 4.78 is 15.0. The van der Waals surface area contributed by atoms with E-state index in [2.05, 4.69) is 15.5 Å². The van der Waals surface area contributed by atoms with Gasteiger partial charge in [0.1, 0.15) is 5.82 Å². The van der Waals surface area contributed by atoms with Crippen molar-refractivity contribution < 1.29 is 14.1 Å². The maximum Gasteiger partial charge on any atom is 0.271 e. The van der Waals surface area contributed by atoms with Gasteiger partial charge in [-0.15, -0.1) is 10.2 Å². The Bertz CT molecular complexity index is 807. The second kappa shape index (κ2) is 6.43. The number of benzene rings is 1. The van der Waals surface area contributed by atoms with Crippen molar-refractivity contribution in [2.45, 2.75) is 23.9 Å². The molecule has 1 aromatic carbocycles. The molecule has 11 heteroatoms. The van der Waals surface area contributed by atoms with E-state index in [1.165, 1.54) is 4.68 Å². The highest BCUT2D eigenvalue weighted by Crippen LogP contribution is 2.39. The number of hydrogen-bond acceptors (Lipinski definition) is 7. The Balaban J connectivity index is 1.62. The topological polar surface area (TPSA) is 129 Å². The summed E-state index contributed by atoms with van der Waals surface area (Å²) in [6, 6.07) is 2.92. The predicted molar refractivity (Wildman–Crippen MR) is 84.6 cm³/mol. The van der Waals surface area contributed by atoms with E-state index in [1.807, 2.05) is 0 Å². The number of nitrogen functional groups attached to an aromatic ring is 1. The van der Waals surface area contributed by atoms with E-state index in [9.17, 15) is 19.3 Å². The molecule has 0 saturated heterocycles. The zero-order chi connectivity index (χ0) is 17.3. The fourth-order valence-corrected chi connectivity index (χ4v) is 2.71. The minimum absolute atomic E-state index is 0.0812. The highest BCUT2D eigenvalue weighted by atomic mass is 32.2. The Hall–Kier alpha value is -2.69. The summed E-state index contributed by atoms with van der Waals surface area (Å²) in [5.41, 5.74) is -0.558. The Morgan fingerprint density at radius 1 is 1.50 bits per heavy atom. The second-order valence-electron chi connectivity index (χ2n) is 5.24. The van der Waals surface area contributed by atoms with Crippen LogP contribution >= 0.6 is 11.8 Å². The fourth-order valence-electron chi connectivity index (χ4n) is 2.05. The van der Waals surface area contributed by atoms with Crippen molar-refractivity contribution in [2.75, 3.05) is 16.9 Å². The van der Waals surface area contributed by atoms with Crippen LogP contribution in [0, 0.1) is 15.9 Å². The number of anilines is 1. The van der Waals surface area contributed by atoms with E-state index in [1.54, 1.807) is 0 Å². The first-order valence-corrected chi connectivity index (χ1v) is 8.01. The number of nitrogens with zero attached hydrogens (tertiary/aromatic N) is 4. The molecular weight excluding hydrogens is 339 g/mol.